The number of allylic oxidation sites excluding steroid dienone is 17. The van der Waals surface area contributed by atoms with Gasteiger partial charge in [0.25, 0.3) is 0 Å². The van der Waals surface area contributed by atoms with E-state index < -0.39 is 0 Å². The molecule has 0 radical (unpaired) electrons. The largest absolute Gasteiger partial charge is 0.313 e. The topological polar surface area (TPSA) is 8.17 Å². The highest BCUT2D eigenvalue weighted by atomic mass is 15.2. The van der Waals surface area contributed by atoms with Gasteiger partial charge in [0.15, 0.2) is 0 Å². The van der Waals surface area contributed by atoms with Gasteiger partial charge < -0.3 is 9.47 Å². The maximum atomic E-state index is 2.66. The summed E-state index contributed by atoms with van der Waals surface area (Å²) >= 11 is 0. The summed E-state index contributed by atoms with van der Waals surface area (Å²) < 4.78 is 2.56. The molecule has 8 aliphatic rings. The van der Waals surface area contributed by atoms with Crippen molar-refractivity contribution in [3.8, 4) is 5.69 Å². The highest BCUT2D eigenvalue weighted by molar-refractivity contribution is 5.96. The van der Waals surface area contributed by atoms with Gasteiger partial charge in [-0.1, -0.05) is 92.8 Å². The van der Waals surface area contributed by atoms with Crippen molar-refractivity contribution < 1.29 is 0 Å². The first kappa shape index (κ1) is 30.2. The van der Waals surface area contributed by atoms with Crippen LogP contribution < -0.4 is 4.90 Å². The smallest absolute Gasteiger partial charge is 0.0539 e. The van der Waals surface area contributed by atoms with Gasteiger partial charge in [-0.25, -0.2) is 0 Å². The molecule has 7 aliphatic carbocycles. The van der Waals surface area contributed by atoms with E-state index in [2.05, 4.69) is 145 Å². The molecule has 0 N–H and O–H groups in total. The normalized spacial score (nSPS) is 24.0. The van der Waals surface area contributed by atoms with Gasteiger partial charge in [-0.2, -0.15) is 0 Å². The minimum Gasteiger partial charge on any atom is -0.313 e. The predicted molar refractivity (Wildman–Crippen MR) is 221 cm³/mol. The number of hydrogen-bond acceptors (Lipinski definition) is 1. The van der Waals surface area contributed by atoms with Gasteiger partial charge in [-0.15, -0.1) is 0 Å². The Morgan fingerprint density at radius 3 is 2.43 bits per heavy atom. The maximum absolute atomic E-state index is 2.66. The molecule has 2 heterocycles. The van der Waals surface area contributed by atoms with E-state index in [4.69, 9.17) is 0 Å². The number of aromatic nitrogens is 1. The number of nitrogens with zero attached hydrogens (tertiary/aromatic N) is 2. The quantitative estimate of drug-likeness (QED) is 0.204. The van der Waals surface area contributed by atoms with Crippen LogP contribution in [0.5, 0.6) is 0 Å². The van der Waals surface area contributed by atoms with Crippen molar-refractivity contribution in [1.29, 1.82) is 0 Å². The van der Waals surface area contributed by atoms with Crippen LogP contribution in [0.2, 0.25) is 0 Å². The van der Waals surface area contributed by atoms with Gasteiger partial charge in [0.05, 0.1) is 5.52 Å². The van der Waals surface area contributed by atoms with E-state index in [1.165, 1.54) is 78.3 Å². The number of anilines is 2. The monoisotopic (exact) mass is 684 g/mol. The molecule has 2 nitrogen and oxygen atoms in total. The Hall–Kier alpha value is -5.34. The fourth-order valence-electron chi connectivity index (χ4n) is 11.5. The zero-order chi connectivity index (χ0) is 35.0. The lowest BCUT2D eigenvalue weighted by Crippen LogP contribution is -2.30. The first-order valence-electron chi connectivity index (χ1n) is 20.1. The summed E-state index contributed by atoms with van der Waals surface area (Å²) in [5.74, 6) is 0.655. The van der Waals surface area contributed by atoms with Crippen LogP contribution in [0.1, 0.15) is 92.7 Å². The van der Waals surface area contributed by atoms with Gasteiger partial charge in [0.2, 0.25) is 0 Å². The van der Waals surface area contributed by atoms with Crippen molar-refractivity contribution in [3.63, 3.8) is 0 Å². The number of aryl methyl sites for hydroxylation is 1. The molecule has 2 heteroatoms. The minimum atomic E-state index is 0.0112. The summed E-state index contributed by atoms with van der Waals surface area (Å²) in [6, 6.07) is 24.0. The number of rotatable bonds is 2. The van der Waals surface area contributed by atoms with E-state index in [0.717, 1.165) is 51.4 Å². The van der Waals surface area contributed by atoms with Crippen LogP contribution >= 0.6 is 0 Å². The fourth-order valence-corrected chi connectivity index (χ4v) is 11.5. The molecule has 1 aliphatic heterocycles. The Balaban J connectivity index is 1.05. The van der Waals surface area contributed by atoms with E-state index in [0.29, 0.717) is 11.8 Å². The van der Waals surface area contributed by atoms with E-state index in [-0.39, 0.29) is 5.41 Å². The van der Waals surface area contributed by atoms with Crippen molar-refractivity contribution in [3.05, 3.63) is 182 Å². The van der Waals surface area contributed by atoms with E-state index in [1.54, 1.807) is 22.3 Å². The van der Waals surface area contributed by atoms with Crippen LogP contribution in [-0.4, -0.2) is 4.57 Å². The van der Waals surface area contributed by atoms with Gasteiger partial charge in [0, 0.05) is 51.1 Å². The molecule has 0 spiro atoms. The summed E-state index contributed by atoms with van der Waals surface area (Å²) in [6.45, 7) is 4.84. The molecule has 0 bridgehead atoms. The third kappa shape index (κ3) is 3.99. The summed E-state index contributed by atoms with van der Waals surface area (Å²) in [5.41, 5.74) is 24.5. The Kier molecular flexibility index (Phi) is 6.18. The van der Waals surface area contributed by atoms with E-state index in [1.807, 2.05) is 0 Å². The molecule has 2 unspecified atom stereocenters. The third-order valence-corrected chi connectivity index (χ3v) is 13.8. The Bertz CT molecular complexity index is 2650. The molecular weight excluding hydrogens is 641 g/mol. The number of para-hydroxylation sites is 1. The number of benzene rings is 3. The van der Waals surface area contributed by atoms with Gasteiger partial charge in [-0.3, -0.25) is 0 Å². The molecule has 2 atom stereocenters. The lowest BCUT2D eigenvalue weighted by molar-refractivity contribution is 0.597. The van der Waals surface area contributed by atoms with Gasteiger partial charge in [-0.05, 0) is 155 Å². The predicted octanol–water partition coefficient (Wildman–Crippen LogP) is 13.0. The molecule has 0 amide bonds. The average Bonchev–Trinajstić information content (AvgIpc) is 3.81. The standard InChI is InChI=1S/C51H44N2/c1-51(2)43-20-10-7-16-36(43)37-27-24-33(30-44(37)51)52-45-21-11-8-17-38(45)42-29-32(25-28-47(42)52)53-46-22-12-9-19-41(46)49-48-34-14-4-3-13-31(34)23-26-39(48)35-15-5-6-18-40(35)50(49)53/h6,9-14,18-30,48-49H,3-5,7-8,15-17H2,1-2H3. The lowest BCUT2D eigenvalue weighted by atomic mass is 9.63. The van der Waals surface area contributed by atoms with Crippen LogP contribution in [0.4, 0.5) is 11.4 Å². The number of fused-ring (bicyclic) bond motifs is 13. The summed E-state index contributed by atoms with van der Waals surface area (Å²) in [5, 5.41) is 1.39. The summed E-state index contributed by atoms with van der Waals surface area (Å²) in [6.07, 6.45) is 33.3. The zero-order valence-corrected chi connectivity index (χ0v) is 30.8. The van der Waals surface area contributed by atoms with Crippen molar-refractivity contribution in [2.45, 2.75) is 76.5 Å². The number of hydrogen-bond donors (Lipinski definition) is 0. The molecule has 3 aromatic carbocycles. The van der Waals surface area contributed by atoms with Crippen LogP contribution in [-0.2, 0) is 11.8 Å². The van der Waals surface area contributed by atoms with Crippen LogP contribution in [0, 0.1) is 5.92 Å². The van der Waals surface area contributed by atoms with E-state index in [9.17, 15) is 0 Å². The highest BCUT2D eigenvalue weighted by Crippen LogP contribution is 2.62. The maximum Gasteiger partial charge on any atom is 0.0539 e. The molecule has 0 fully saturated rings. The highest BCUT2D eigenvalue weighted by Gasteiger charge is 2.48. The summed E-state index contributed by atoms with van der Waals surface area (Å²) in [4.78, 5) is 2.66. The Morgan fingerprint density at radius 1 is 0.679 bits per heavy atom. The summed E-state index contributed by atoms with van der Waals surface area (Å²) in [7, 11) is 0. The van der Waals surface area contributed by atoms with Crippen molar-refractivity contribution in [2.24, 2.45) is 5.92 Å². The molecule has 12 rings (SSSR count). The fraction of sp³-hybridized carbons (Fsp3) is 0.255. The van der Waals surface area contributed by atoms with E-state index >= 15 is 0 Å². The van der Waals surface area contributed by atoms with Crippen molar-refractivity contribution in [1.82, 2.24) is 4.57 Å². The first-order valence-corrected chi connectivity index (χ1v) is 20.1. The second-order valence-electron chi connectivity index (χ2n) is 16.8. The Labute approximate surface area is 312 Å². The molecule has 4 aromatic rings. The molecule has 0 saturated heterocycles. The molecule has 1 aromatic heterocycles. The van der Waals surface area contributed by atoms with Gasteiger partial charge >= 0.3 is 0 Å². The molecule has 258 valence electrons. The second-order valence-corrected chi connectivity index (χ2v) is 16.8. The SMILES string of the molecule is CC1(C)C2=C(CCC=C2)c2ccc(-n3c4c(c5cc(N6C7=C8C=CCCC8=C8C=CC9=CCCC=C9C8C7c7ccccc76)ccc53)CCC=C4)cc21. The lowest BCUT2D eigenvalue weighted by Gasteiger charge is -2.41. The average molecular weight is 685 g/mol. The minimum absolute atomic E-state index is 0.0112. The van der Waals surface area contributed by atoms with Crippen molar-refractivity contribution >= 4 is 33.9 Å². The first-order chi connectivity index (χ1) is 26.1. The molecule has 53 heavy (non-hydrogen) atoms. The zero-order valence-electron chi connectivity index (χ0n) is 30.8. The third-order valence-electron chi connectivity index (χ3n) is 13.8. The Morgan fingerprint density at radius 2 is 1.49 bits per heavy atom. The van der Waals surface area contributed by atoms with Crippen LogP contribution in [0.3, 0.4) is 0 Å². The second kappa shape index (κ2) is 10.9. The van der Waals surface area contributed by atoms with Crippen LogP contribution in [0.15, 0.2) is 154 Å². The molecule has 0 saturated carbocycles. The van der Waals surface area contributed by atoms with Crippen molar-refractivity contribution in [2.75, 3.05) is 4.90 Å². The molecular formula is C51H44N2. The van der Waals surface area contributed by atoms with Gasteiger partial charge in [0.1, 0.15) is 0 Å². The van der Waals surface area contributed by atoms with Crippen LogP contribution in [0.25, 0.3) is 28.2 Å².